The summed E-state index contributed by atoms with van der Waals surface area (Å²) < 4.78 is 10.9. The van der Waals surface area contributed by atoms with Gasteiger partial charge in [0, 0.05) is 5.41 Å². The van der Waals surface area contributed by atoms with Gasteiger partial charge in [0.1, 0.15) is 36.9 Å². The highest BCUT2D eigenvalue weighted by atomic mass is 16.5. The molecule has 0 bridgehead atoms. The van der Waals surface area contributed by atoms with Crippen molar-refractivity contribution < 1.29 is 29.9 Å². The molecule has 0 fully saturated rings. The van der Waals surface area contributed by atoms with Gasteiger partial charge in [0.05, 0.1) is 13.2 Å². The summed E-state index contributed by atoms with van der Waals surface area (Å²) in [6.07, 6.45) is -1.78. The lowest BCUT2D eigenvalue weighted by Gasteiger charge is -2.26. The molecule has 27 heavy (non-hydrogen) atoms. The molecule has 0 saturated carbocycles. The molecular formula is C21H28O6. The maximum Gasteiger partial charge on any atom is 0.119 e. The standard InChI is InChI=1S/C21H28O6/c1-21(2,15-3-7-19(8-4-15)26-13-17(24)11-22)16-5-9-20(10-6-16)27-14-18(25)12-23/h3-10,17-18,22-25H,11-14H2,1-2H3. The SMILES string of the molecule is CC(C)(c1ccc(OCC(O)CO)cc1)c1ccc(OCC(O)CO)cc1. The van der Waals surface area contributed by atoms with Crippen LogP contribution in [0.2, 0.25) is 0 Å². The molecule has 0 aromatic heterocycles. The molecule has 0 aliphatic carbocycles. The average molecular weight is 376 g/mol. The topological polar surface area (TPSA) is 99.4 Å². The van der Waals surface area contributed by atoms with Gasteiger partial charge >= 0.3 is 0 Å². The lowest BCUT2D eigenvalue weighted by Crippen LogP contribution is -2.22. The number of benzene rings is 2. The minimum atomic E-state index is -0.889. The van der Waals surface area contributed by atoms with Crippen LogP contribution in [0, 0.1) is 0 Å². The van der Waals surface area contributed by atoms with E-state index >= 15 is 0 Å². The Morgan fingerprint density at radius 3 is 1.33 bits per heavy atom. The lowest BCUT2D eigenvalue weighted by atomic mass is 9.78. The zero-order valence-electron chi connectivity index (χ0n) is 15.7. The highest BCUT2D eigenvalue weighted by Crippen LogP contribution is 2.33. The number of aliphatic hydroxyl groups excluding tert-OH is 4. The zero-order valence-corrected chi connectivity index (χ0v) is 15.7. The largest absolute Gasteiger partial charge is 0.491 e. The quantitative estimate of drug-likeness (QED) is 0.501. The summed E-state index contributed by atoms with van der Waals surface area (Å²) in [5.74, 6) is 1.27. The smallest absolute Gasteiger partial charge is 0.119 e. The normalized spacial score (nSPS) is 13.9. The molecule has 2 aromatic carbocycles. The third-order valence-electron chi connectivity index (χ3n) is 4.46. The van der Waals surface area contributed by atoms with Crippen molar-refractivity contribution in [2.24, 2.45) is 0 Å². The molecule has 0 heterocycles. The summed E-state index contributed by atoms with van der Waals surface area (Å²) in [5.41, 5.74) is 1.95. The van der Waals surface area contributed by atoms with E-state index in [0.717, 1.165) is 11.1 Å². The van der Waals surface area contributed by atoms with E-state index in [1.165, 1.54) is 0 Å². The van der Waals surface area contributed by atoms with Crippen molar-refractivity contribution in [3.8, 4) is 11.5 Å². The Labute approximate surface area is 159 Å². The minimum absolute atomic E-state index is 0.0473. The summed E-state index contributed by atoms with van der Waals surface area (Å²) in [4.78, 5) is 0. The third kappa shape index (κ3) is 5.94. The summed E-state index contributed by atoms with van der Waals surface area (Å²) in [5, 5.41) is 36.3. The molecule has 0 radical (unpaired) electrons. The molecular weight excluding hydrogens is 348 g/mol. The predicted molar refractivity (Wildman–Crippen MR) is 102 cm³/mol. The minimum Gasteiger partial charge on any atom is -0.491 e. The van der Waals surface area contributed by atoms with Crippen LogP contribution in [0.15, 0.2) is 48.5 Å². The highest BCUT2D eigenvalue weighted by molar-refractivity contribution is 5.41. The molecule has 0 saturated heterocycles. The highest BCUT2D eigenvalue weighted by Gasteiger charge is 2.23. The second kappa shape index (κ2) is 9.71. The Kier molecular flexibility index (Phi) is 7.62. The van der Waals surface area contributed by atoms with Crippen LogP contribution < -0.4 is 9.47 Å². The fraction of sp³-hybridized carbons (Fsp3) is 0.429. The third-order valence-corrected chi connectivity index (χ3v) is 4.46. The molecule has 4 N–H and O–H groups in total. The first-order valence-corrected chi connectivity index (χ1v) is 8.91. The summed E-state index contributed by atoms with van der Waals surface area (Å²) in [7, 11) is 0. The Hall–Kier alpha value is -2.12. The van der Waals surface area contributed by atoms with Crippen molar-refractivity contribution in [2.75, 3.05) is 26.4 Å². The lowest BCUT2D eigenvalue weighted by molar-refractivity contribution is 0.0536. The van der Waals surface area contributed by atoms with E-state index in [2.05, 4.69) is 13.8 Å². The van der Waals surface area contributed by atoms with Gasteiger partial charge in [-0.05, 0) is 35.4 Å². The molecule has 2 aromatic rings. The fourth-order valence-corrected chi connectivity index (χ4v) is 2.59. The Balaban J connectivity index is 2.04. The van der Waals surface area contributed by atoms with Crippen LogP contribution >= 0.6 is 0 Å². The van der Waals surface area contributed by atoms with Gasteiger partial charge in [-0.15, -0.1) is 0 Å². The van der Waals surface area contributed by atoms with Gasteiger partial charge in [-0.25, -0.2) is 0 Å². The first-order chi connectivity index (χ1) is 12.9. The van der Waals surface area contributed by atoms with Crippen LogP contribution in [0.3, 0.4) is 0 Å². The van der Waals surface area contributed by atoms with Gasteiger partial charge in [0.2, 0.25) is 0 Å². The van der Waals surface area contributed by atoms with Gasteiger partial charge in [-0.2, -0.15) is 0 Å². The summed E-state index contributed by atoms with van der Waals surface area (Å²) >= 11 is 0. The number of hydrogen-bond acceptors (Lipinski definition) is 6. The van der Waals surface area contributed by atoms with Gasteiger partial charge in [0.15, 0.2) is 0 Å². The average Bonchev–Trinajstić information content (AvgIpc) is 2.70. The molecule has 2 rings (SSSR count). The van der Waals surface area contributed by atoms with E-state index in [-0.39, 0.29) is 31.8 Å². The number of rotatable bonds is 10. The van der Waals surface area contributed by atoms with Crippen LogP contribution in [0.5, 0.6) is 11.5 Å². The first kappa shape index (κ1) is 21.2. The van der Waals surface area contributed by atoms with Crippen molar-refractivity contribution in [3.63, 3.8) is 0 Å². The summed E-state index contributed by atoms with van der Waals surface area (Å²) in [6.45, 7) is 3.67. The first-order valence-electron chi connectivity index (χ1n) is 8.91. The Morgan fingerprint density at radius 1 is 0.704 bits per heavy atom. The van der Waals surface area contributed by atoms with Gasteiger partial charge < -0.3 is 29.9 Å². The van der Waals surface area contributed by atoms with Crippen molar-refractivity contribution >= 4 is 0 Å². The van der Waals surface area contributed by atoms with Crippen molar-refractivity contribution in [1.82, 2.24) is 0 Å². The van der Waals surface area contributed by atoms with E-state index in [9.17, 15) is 10.2 Å². The molecule has 0 aliphatic heterocycles. The fourth-order valence-electron chi connectivity index (χ4n) is 2.59. The second-order valence-electron chi connectivity index (χ2n) is 6.97. The van der Waals surface area contributed by atoms with E-state index in [0.29, 0.717) is 11.5 Å². The van der Waals surface area contributed by atoms with Crippen LogP contribution in [0.4, 0.5) is 0 Å². The van der Waals surface area contributed by atoms with Crippen LogP contribution in [-0.4, -0.2) is 59.1 Å². The van der Waals surface area contributed by atoms with E-state index in [1.54, 1.807) is 0 Å². The van der Waals surface area contributed by atoms with Gasteiger partial charge in [0.25, 0.3) is 0 Å². The monoisotopic (exact) mass is 376 g/mol. The number of hydrogen-bond donors (Lipinski definition) is 4. The van der Waals surface area contributed by atoms with Crippen molar-refractivity contribution in [1.29, 1.82) is 0 Å². The second-order valence-corrected chi connectivity index (χ2v) is 6.97. The Bertz CT molecular complexity index is 621. The number of aliphatic hydroxyl groups is 4. The Morgan fingerprint density at radius 2 is 1.04 bits per heavy atom. The maximum absolute atomic E-state index is 9.35. The molecule has 0 amide bonds. The van der Waals surface area contributed by atoms with Crippen molar-refractivity contribution in [3.05, 3.63) is 59.7 Å². The zero-order chi connectivity index (χ0) is 19.9. The van der Waals surface area contributed by atoms with Gasteiger partial charge in [-0.1, -0.05) is 38.1 Å². The van der Waals surface area contributed by atoms with E-state index < -0.39 is 12.2 Å². The van der Waals surface area contributed by atoms with Crippen LogP contribution in [0.1, 0.15) is 25.0 Å². The molecule has 2 atom stereocenters. The molecule has 0 spiro atoms. The molecule has 2 unspecified atom stereocenters. The van der Waals surface area contributed by atoms with Crippen LogP contribution in [-0.2, 0) is 5.41 Å². The van der Waals surface area contributed by atoms with Crippen LogP contribution in [0.25, 0.3) is 0 Å². The van der Waals surface area contributed by atoms with E-state index in [4.69, 9.17) is 19.7 Å². The molecule has 6 nitrogen and oxygen atoms in total. The van der Waals surface area contributed by atoms with Gasteiger partial charge in [-0.3, -0.25) is 0 Å². The molecule has 6 heteroatoms. The summed E-state index contributed by atoms with van der Waals surface area (Å²) in [6, 6.07) is 15.3. The maximum atomic E-state index is 9.35. The molecule has 0 aliphatic rings. The van der Waals surface area contributed by atoms with Crippen molar-refractivity contribution in [2.45, 2.75) is 31.5 Å². The predicted octanol–water partition coefficient (Wildman–Crippen LogP) is 1.48. The molecule has 148 valence electrons. The van der Waals surface area contributed by atoms with E-state index in [1.807, 2.05) is 48.5 Å². The number of ether oxygens (including phenoxy) is 2.